The molecule has 1 aromatic carbocycles. The molecule has 1 fully saturated rings. The first-order valence-corrected chi connectivity index (χ1v) is 9.96. The maximum Gasteiger partial charge on any atom is 0.335 e. The van der Waals surface area contributed by atoms with Crippen LogP contribution in [0.25, 0.3) is 0 Å². The first-order chi connectivity index (χ1) is 11.3. The predicted octanol–water partition coefficient (Wildman–Crippen LogP) is 1.74. The summed E-state index contributed by atoms with van der Waals surface area (Å²) in [5, 5.41) is 8.88. The number of benzene rings is 1. The van der Waals surface area contributed by atoms with E-state index in [2.05, 4.69) is 0 Å². The zero-order valence-corrected chi connectivity index (χ0v) is 14.6. The lowest BCUT2D eigenvalue weighted by Gasteiger charge is -2.28. The molecule has 2 rings (SSSR count). The first kappa shape index (κ1) is 18.4. The van der Waals surface area contributed by atoms with Gasteiger partial charge in [-0.05, 0) is 37.0 Å². The number of rotatable bonds is 7. The molecule has 24 heavy (non-hydrogen) atoms. The third kappa shape index (κ3) is 4.80. The Labute approximate surface area is 142 Å². The zero-order valence-electron chi connectivity index (χ0n) is 13.8. The van der Waals surface area contributed by atoms with E-state index in [-0.39, 0.29) is 29.0 Å². The van der Waals surface area contributed by atoms with Crippen LogP contribution in [0.2, 0.25) is 0 Å². The third-order valence-corrected chi connectivity index (χ3v) is 6.01. The standard InChI is InChI=1S/C17H23NO5S/c1-2-10-18(15-9-11-24(22,23)12-15)16(19)8-5-13-3-6-14(7-4-13)17(20)21/h3-4,6-7,15H,2,5,8-12H2,1H3,(H,20,21). The molecule has 1 aliphatic heterocycles. The Morgan fingerprint density at radius 3 is 2.42 bits per heavy atom. The summed E-state index contributed by atoms with van der Waals surface area (Å²) in [5.74, 6) is -0.802. The summed E-state index contributed by atoms with van der Waals surface area (Å²) in [5.41, 5.74) is 1.11. The van der Waals surface area contributed by atoms with Gasteiger partial charge in [0.2, 0.25) is 5.91 Å². The lowest BCUT2D eigenvalue weighted by molar-refractivity contribution is -0.133. The summed E-state index contributed by atoms with van der Waals surface area (Å²) in [6, 6.07) is 6.25. The van der Waals surface area contributed by atoms with Crippen LogP contribution in [0, 0.1) is 0 Å². The van der Waals surface area contributed by atoms with Crippen molar-refractivity contribution >= 4 is 21.7 Å². The van der Waals surface area contributed by atoms with E-state index in [4.69, 9.17) is 5.11 Å². The van der Waals surface area contributed by atoms with Gasteiger partial charge in [-0.3, -0.25) is 4.79 Å². The van der Waals surface area contributed by atoms with Crippen molar-refractivity contribution in [2.75, 3.05) is 18.1 Å². The highest BCUT2D eigenvalue weighted by Crippen LogP contribution is 2.19. The topological polar surface area (TPSA) is 91.8 Å². The summed E-state index contributed by atoms with van der Waals surface area (Å²) >= 11 is 0. The number of aromatic carboxylic acids is 1. The number of carboxylic acids is 1. The minimum atomic E-state index is -3.02. The second kappa shape index (κ2) is 7.79. The van der Waals surface area contributed by atoms with Crippen molar-refractivity contribution in [3.8, 4) is 0 Å². The highest BCUT2D eigenvalue weighted by Gasteiger charge is 2.33. The molecule has 0 radical (unpaired) electrons. The second-order valence-corrected chi connectivity index (χ2v) is 8.37. The normalized spacial score (nSPS) is 19.1. The molecule has 1 atom stereocenters. The Kier molecular flexibility index (Phi) is 5.99. The van der Waals surface area contributed by atoms with Crippen molar-refractivity contribution in [1.29, 1.82) is 0 Å². The number of amides is 1. The molecule has 1 N–H and O–H groups in total. The van der Waals surface area contributed by atoms with Crippen molar-refractivity contribution in [1.82, 2.24) is 4.90 Å². The summed E-state index contributed by atoms with van der Waals surface area (Å²) in [7, 11) is -3.02. The summed E-state index contributed by atoms with van der Waals surface area (Å²) in [6.07, 6.45) is 2.11. The second-order valence-electron chi connectivity index (χ2n) is 6.15. The fourth-order valence-electron chi connectivity index (χ4n) is 2.98. The monoisotopic (exact) mass is 353 g/mol. The molecular weight excluding hydrogens is 330 g/mol. The van der Waals surface area contributed by atoms with Gasteiger partial charge in [-0.1, -0.05) is 19.1 Å². The minimum absolute atomic E-state index is 0.0405. The fourth-order valence-corrected chi connectivity index (χ4v) is 4.71. The lowest BCUT2D eigenvalue weighted by atomic mass is 10.1. The SMILES string of the molecule is CCCN(C(=O)CCc1ccc(C(=O)O)cc1)C1CCS(=O)(=O)C1. The van der Waals surface area contributed by atoms with E-state index in [0.29, 0.717) is 25.8 Å². The summed E-state index contributed by atoms with van der Waals surface area (Å²) in [6.45, 7) is 2.53. The van der Waals surface area contributed by atoms with Crippen LogP contribution in [0.5, 0.6) is 0 Å². The van der Waals surface area contributed by atoms with Gasteiger partial charge in [-0.25, -0.2) is 13.2 Å². The fraction of sp³-hybridized carbons (Fsp3) is 0.529. The Hall–Kier alpha value is -1.89. The van der Waals surface area contributed by atoms with Crippen LogP contribution < -0.4 is 0 Å². The molecule has 0 aliphatic carbocycles. The zero-order chi connectivity index (χ0) is 17.7. The van der Waals surface area contributed by atoms with E-state index < -0.39 is 15.8 Å². The molecule has 0 saturated carbocycles. The van der Waals surface area contributed by atoms with Crippen LogP contribution in [0.4, 0.5) is 0 Å². The van der Waals surface area contributed by atoms with E-state index in [1.165, 1.54) is 12.1 Å². The molecule has 0 spiro atoms. The molecule has 132 valence electrons. The van der Waals surface area contributed by atoms with E-state index in [1.807, 2.05) is 6.92 Å². The quantitative estimate of drug-likeness (QED) is 0.806. The highest BCUT2D eigenvalue weighted by molar-refractivity contribution is 7.91. The van der Waals surface area contributed by atoms with Crippen molar-refractivity contribution in [2.24, 2.45) is 0 Å². The van der Waals surface area contributed by atoms with Crippen molar-refractivity contribution in [2.45, 2.75) is 38.6 Å². The van der Waals surface area contributed by atoms with Crippen LogP contribution in [0.1, 0.15) is 42.1 Å². The van der Waals surface area contributed by atoms with E-state index in [9.17, 15) is 18.0 Å². The van der Waals surface area contributed by atoms with Gasteiger partial charge in [0, 0.05) is 19.0 Å². The number of hydrogen-bond donors (Lipinski definition) is 1. The molecule has 1 heterocycles. The molecule has 1 aromatic rings. The highest BCUT2D eigenvalue weighted by atomic mass is 32.2. The molecule has 0 aromatic heterocycles. The van der Waals surface area contributed by atoms with Crippen LogP contribution in [-0.4, -0.2) is 54.4 Å². The Morgan fingerprint density at radius 2 is 1.92 bits per heavy atom. The van der Waals surface area contributed by atoms with E-state index >= 15 is 0 Å². The van der Waals surface area contributed by atoms with Gasteiger partial charge < -0.3 is 10.0 Å². The van der Waals surface area contributed by atoms with Gasteiger partial charge in [0.05, 0.1) is 17.1 Å². The summed E-state index contributed by atoms with van der Waals surface area (Å²) in [4.78, 5) is 25.1. The average molecular weight is 353 g/mol. The minimum Gasteiger partial charge on any atom is -0.478 e. The largest absolute Gasteiger partial charge is 0.478 e. The average Bonchev–Trinajstić information content (AvgIpc) is 2.90. The van der Waals surface area contributed by atoms with Gasteiger partial charge >= 0.3 is 5.97 Å². The number of carbonyl (C=O) groups is 2. The number of aryl methyl sites for hydroxylation is 1. The van der Waals surface area contributed by atoms with Crippen LogP contribution in [0.3, 0.4) is 0 Å². The molecule has 0 bridgehead atoms. The maximum absolute atomic E-state index is 12.5. The van der Waals surface area contributed by atoms with E-state index in [1.54, 1.807) is 17.0 Å². The number of hydrogen-bond acceptors (Lipinski definition) is 4. The third-order valence-electron chi connectivity index (χ3n) is 4.26. The molecule has 1 saturated heterocycles. The number of nitrogens with zero attached hydrogens (tertiary/aromatic N) is 1. The van der Waals surface area contributed by atoms with Crippen molar-refractivity contribution < 1.29 is 23.1 Å². The molecule has 6 nitrogen and oxygen atoms in total. The first-order valence-electron chi connectivity index (χ1n) is 8.14. The molecular formula is C17H23NO5S. The molecule has 1 aliphatic rings. The smallest absolute Gasteiger partial charge is 0.335 e. The van der Waals surface area contributed by atoms with Crippen molar-refractivity contribution in [3.63, 3.8) is 0 Å². The molecule has 1 amide bonds. The van der Waals surface area contributed by atoms with Gasteiger partial charge in [0.25, 0.3) is 0 Å². The predicted molar refractivity (Wildman–Crippen MR) is 90.8 cm³/mol. The molecule has 1 unspecified atom stereocenters. The van der Waals surface area contributed by atoms with Gasteiger partial charge in [0.1, 0.15) is 0 Å². The Bertz CT molecular complexity index is 696. The summed E-state index contributed by atoms with van der Waals surface area (Å²) < 4.78 is 23.3. The van der Waals surface area contributed by atoms with Gasteiger partial charge in [-0.2, -0.15) is 0 Å². The Morgan fingerprint density at radius 1 is 1.25 bits per heavy atom. The van der Waals surface area contributed by atoms with Crippen LogP contribution in [-0.2, 0) is 21.1 Å². The molecule has 7 heteroatoms. The van der Waals surface area contributed by atoms with Crippen LogP contribution >= 0.6 is 0 Å². The van der Waals surface area contributed by atoms with Crippen LogP contribution in [0.15, 0.2) is 24.3 Å². The Balaban J connectivity index is 1.96. The lowest BCUT2D eigenvalue weighted by Crippen LogP contribution is -2.41. The van der Waals surface area contributed by atoms with Crippen molar-refractivity contribution in [3.05, 3.63) is 35.4 Å². The number of carbonyl (C=O) groups excluding carboxylic acids is 1. The van der Waals surface area contributed by atoms with Gasteiger partial charge in [0.15, 0.2) is 9.84 Å². The van der Waals surface area contributed by atoms with Gasteiger partial charge in [-0.15, -0.1) is 0 Å². The van der Waals surface area contributed by atoms with E-state index in [0.717, 1.165) is 12.0 Å². The maximum atomic E-state index is 12.5. The number of sulfone groups is 1. The number of carboxylic acid groups (broad SMARTS) is 1.